The third-order valence-corrected chi connectivity index (χ3v) is 17.5. The highest BCUT2D eigenvalue weighted by molar-refractivity contribution is 7.57. The highest BCUT2D eigenvalue weighted by atomic mass is 31.2. The summed E-state index contributed by atoms with van der Waals surface area (Å²) in [5.41, 5.74) is 0. The Balaban J connectivity index is 1.49. The van der Waals surface area contributed by atoms with Crippen LogP contribution in [0.2, 0.25) is 0 Å². The third kappa shape index (κ3) is 33.3. The van der Waals surface area contributed by atoms with Gasteiger partial charge in [0.2, 0.25) is 35.4 Å². The van der Waals surface area contributed by atoms with Crippen LogP contribution in [0.25, 0.3) is 0 Å². The number of nitrogens with zero attached hydrogens (tertiary/aromatic N) is 2. The van der Waals surface area contributed by atoms with Gasteiger partial charge in [-0.05, 0) is 64.2 Å². The van der Waals surface area contributed by atoms with Crippen LogP contribution in [0.5, 0.6) is 0 Å². The molecule has 0 spiro atoms. The zero-order chi connectivity index (χ0) is 71.2. The van der Waals surface area contributed by atoms with Crippen molar-refractivity contribution in [3.05, 3.63) is 0 Å². The smallest absolute Gasteiger partial charge is 0.253 e. The molecule has 7 amide bonds. The number of carbonyl (C=O) groups is 7. The first-order valence-electron chi connectivity index (χ1n) is 34.2. The molecule has 0 radical (unpaired) electrons. The number of hydrogen-bond acceptors (Lipinski definition) is 25. The van der Waals surface area contributed by atoms with Gasteiger partial charge in [-0.3, -0.25) is 38.1 Å². The largest absolute Gasteiger partial charge is 0.394 e. The van der Waals surface area contributed by atoms with E-state index in [1.165, 1.54) is 39.0 Å². The number of rotatable bonds is 50. The van der Waals surface area contributed by atoms with Crippen molar-refractivity contribution in [3.8, 4) is 0 Å². The van der Waals surface area contributed by atoms with Gasteiger partial charge in [0.25, 0.3) is 5.91 Å². The van der Waals surface area contributed by atoms with Crippen LogP contribution in [0.3, 0.4) is 0 Å². The van der Waals surface area contributed by atoms with Gasteiger partial charge in [0.1, 0.15) is 73.1 Å². The van der Waals surface area contributed by atoms with Crippen LogP contribution < -0.4 is 26.6 Å². The Morgan fingerprint density at radius 3 is 1.09 bits per heavy atom. The minimum absolute atomic E-state index is 0.0888. The average Bonchev–Trinajstić information content (AvgIpc) is 0.832. The lowest BCUT2D eigenvalue weighted by atomic mass is 9.97. The van der Waals surface area contributed by atoms with Gasteiger partial charge in [0.05, 0.1) is 26.4 Å². The summed E-state index contributed by atoms with van der Waals surface area (Å²) in [5.74, 6) is -2.39. The van der Waals surface area contributed by atoms with E-state index in [4.69, 9.17) is 32.9 Å². The van der Waals surface area contributed by atoms with Crippen molar-refractivity contribution in [2.24, 2.45) is 0 Å². The van der Waals surface area contributed by atoms with E-state index in [1.54, 1.807) is 4.90 Å². The molecule has 0 aromatic rings. The lowest BCUT2D eigenvalue weighted by Crippen LogP contribution is -2.64. The van der Waals surface area contributed by atoms with E-state index in [1.807, 2.05) is 0 Å². The number of amides is 7. The van der Waals surface area contributed by atoms with Crippen molar-refractivity contribution in [1.82, 2.24) is 36.4 Å². The fraction of sp³-hybridized carbons (Fsp3) is 0.889. The molecular weight excluding hydrogens is 1290 g/mol. The minimum Gasteiger partial charge on any atom is -0.394 e. The Hall–Kier alpha value is -4.16. The molecule has 0 aromatic heterocycles. The van der Waals surface area contributed by atoms with Crippen LogP contribution in [0.4, 0.5) is 0 Å². The van der Waals surface area contributed by atoms with Gasteiger partial charge in [0, 0.05) is 112 Å². The molecule has 15 N–H and O–H groups in total. The molecule has 3 fully saturated rings. The standard InChI is InChI=1S/C63H116N7O25P/c1-41(74)66-51-57(84)54(81)45(37-71)93-61(51)89-34-20-12-6-9-15-25-48(78)64-28-23-32-69(50(80)27-17-11-8-14-22-36-91-63-53(68-43(3)76)59(86)56(83)47(39-73)95-63)30-18-19-31-70(60(87)44(77)40-92-96(4,5)88)33-24-29-65-49(79)26-16-10-7-13-21-35-90-62-52(67-42(2)75)58(85)55(82)46(38-72)94-62/h44-47,51-59,61-63,71-73,77,81-86H,6-40H2,1-5H3,(H,64,78)(H,65,79)(H,66,74)(H,67,75)(H,68,76)/t44?,45?,46?,47?,51?,52?,53?,54-,55-,56-,57+,58+,59+,61+,62+,63+/m0/s1. The number of carbonyl (C=O) groups excluding carboxylic acids is 7. The monoisotopic (exact) mass is 1400 g/mol. The summed E-state index contributed by atoms with van der Waals surface area (Å²) in [6.45, 7) is 6.64. The average molecular weight is 1400 g/mol. The lowest BCUT2D eigenvalue weighted by molar-refractivity contribution is -0.270. The number of nitrogens with one attached hydrogen (secondary N) is 5. The summed E-state index contributed by atoms with van der Waals surface area (Å²) >= 11 is 0. The van der Waals surface area contributed by atoms with E-state index in [0.29, 0.717) is 90.3 Å². The molecule has 558 valence electrons. The molecule has 3 rings (SSSR count). The van der Waals surface area contributed by atoms with Crippen LogP contribution in [-0.2, 0) is 71.1 Å². The zero-order valence-electron chi connectivity index (χ0n) is 56.9. The molecule has 33 heteroatoms. The van der Waals surface area contributed by atoms with Crippen molar-refractivity contribution >= 4 is 48.7 Å². The summed E-state index contributed by atoms with van der Waals surface area (Å²) in [6, 6.07) is -3.10. The number of aliphatic hydroxyl groups excluding tert-OH is 10. The second kappa shape index (κ2) is 47.8. The number of unbranched alkanes of at least 4 members (excludes halogenated alkanes) is 13. The molecule has 32 nitrogen and oxygen atoms in total. The van der Waals surface area contributed by atoms with Crippen molar-refractivity contribution in [2.75, 3.05) is 98.8 Å². The molecule has 0 aliphatic carbocycles. The molecule has 0 aromatic carbocycles. The first kappa shape index (κ1) is 86.1. The normalized spacial score (nSPS) is 26.3. The van der Waals surface area contributed by atoms with E-state index in [9.17, 15) is 89.2 Å². The maximum atomic E-state index is 13.9. The predicted molar refractivity (Wildman–Crippen MR) is 346 cm³/mol. The van der Waals surface area contributed by atoms with Crippen LogP contribution in [-0.4, -0.2) is 299 Å². The van der Waals surface area contributed by atoms with Gasteiger partial charge >= 0.3 is 0 Å². The Morgan fingerprint density at radius 2 is 0.750 bits per heavy atom. The van der Waals surface area contributed by atoms with Gasteiger partial charge in [-0.1, -0.05) is 57.8 Å². The van der Waals surface area contributed by atoms with Crippen LogP contribution in [0.15, 0.2) is 0 Å². The lowest BCUT2D eigenvalue weighted by Gasteiger charge is -2.42. The predicted octanol–water partition coefficient (Wildman–Crippen LogP) is -1.75. The number of ether oxygens (including phenoxy) is 6. The summed E-state index contributed by atoms with van der Waals surface area (Å²) in [4.78, 5) is 91.6. The molecule has 7 unspecified atom stereocenters. The van der Waals surface area contributed by atoms with E-state index in [-0.39, 0.29) is 70.0 Å². The van der Waals surface area contributed by atoms with E-state index in [0.717, 1.165) is 57.8 Å². The molecule has 16 atom stereocenters. The summed E-state index contributed by atoms with van der Waals surface area (Å²) < 4.78 is 51.8. The van der Waals surface area contributed by atoms with Crippen LogP contribution >= 0.6 is 7.37 Å². The van der Waals surface area contributed by atoms with E-state index >= 15 is 0 Å². The third-order valence-electron chi connectivity index (χ3n) is 16.7. The Bertz CT molecular complexity index is 2300. The van der Waals surface area contributed by atoms with Crippen LogP contribution in [0.1, 0.15) is 162 Å². The minimum atomic E-state index is -3.04. The molecule has 96 heavy (non-hydrogen) atoms. The summed E-state index contributed by atoms with van der Waals surface area (Å²) in [5, 5.41) is 115. The highest BCUT2D eigenvalue weighted by Crippen LogP contribution is 2.37. The van der Waals surface area contributed by atoms with Crippen molar-refractivity contribution in [3.63, 3.8) is 0 Å². The Labute approximate surface area is 564 Å². The van der Waals surface area contributed by atoms with Crippen molar-refractivity contribution < 1.29 is 122 Å². The first-order chi connectivity index (χ1) is 45.7. The quantitative estimate of drug-likeness (QED) is 0.0237. The number of aliphatic hydroxyl groups is 10. The van der Waals surface area contributed by atoms with Gasteiger partial charge in [-0.25, -0.2) is 0 Å². The second-order valence-electron chi connectivity index (χ2n) is 25.3. The fourth-order valence-electron chi connectivity index (χ4n) is 11.3. The van der Waals surface area contributed by atoms with Crippen molar-refractivity contribution in [2.45, 2.75) is 260 Å². The SMILES string of the molecule is CC(=O)NC1[C@H](OCCCCCCCC(=O)NCCCN(CCCCN(CCCNC(=O)CCCCCCCO[C@@H]2OC(CO)[C@H](O)[C@H](O)C2NC(C)=O)C(=O)C(O)COP(C)(C)=O)C(=O)CCCCCCCO[C@@H]2OC(CO)[C@H](O)[C@H](O)C2NC(C)=O)OC(CO)[C@H](O)[C@@H]1O. The zero-order valence-corrected chi connectivity index (χ0v) is 57.8. The molecular formula is C63H116N7O25P. The first-order valence-corrected chi connectivity index (χ1v) is 36.8. The fourth-order valence-corrected chi connectivity index (χ4v) is 11.8. The van der Waals surface area contributed by atoms with E-state index in [2.05, 4.69) is 26.6 Å². The van der Waals surface area contributed by atoms with Crippen LogP contribution in [0, 0.1) is 0 Å². The van der Waals surface area contributed by atoms with Gasteiger partial charge in [-0.15, -0.1) is 0 Å². The Kier molecular flexibility index (Phi) is 42.9. The van der Waals surface area contributed by atoms with Crippen molar-refractivity contribution in [1.29, 1.82) is 0 Å². The van der Waals surface area contributed by atoms with Gasteiger partial charge in [-0.2, -0.15) is 0 Å². The number of hydrogen-bond donors (Lipinski definition) is 15. The maximum Gasteiger partial charge on any atom is 0.253 e. The molecule has 0 saturated carbocycles. The Morgan fingerprint density at radius 1 is 0.438 bits per heavy atom. The molecule has 3 aliphatic rings. The second-order valence-corrected chi connectivity index (χ2v) is 28.1. The summed E-state index contributed by atoms with van der Waals surface area (Å²) in [7, 11) is -3.04. The van der Waals surface area contributed by atoms with E-state index < -0.39 is 155 Å². The molecule has 3 aliphatic heterocycles. The summed E-state index contributed by atoms with van der Waals surface area (Å²) in [6.07, 6.45) is -3.58. The van der Waals surface area contributed by atoms with Gasteiger partial charge in [0.15, 0.2) is 32.3 Å². The molecule has 0 bridgehead atoms. The van der Waals surface area contributed by atoms with Gasteiger partial charge < -0.3 is 120 Å². The molecule has 3 saturated heterocycles. The molecule has 3 heterocycles. The highest BCUT2D eigenvalue weighted by Gasteiger charge is 2.48. The topological polar surface area (TPSA) is 470 Å². The maximum absolute atomic E-state index is 13.9.